The molecule has 0 aliphatic carbocycles. The highest BCUT2D eigenvalue weighted by Crippen LogP contribution is 2.42. The summed E-state index contributed by atoms with van der Waals surface area (Å²) >= 11 is 6.08. The first kappa shape index (κ1) is 26.5. The van der Waals surface area contributed by atoms with Gasteiger partial charge >= 0.3 is 0 Å². The number of aliphatic hydroxyl groups excluding tert-OH is 1. The van der Waals surface area contributed by atoms with E-state index in [-0.39, 0.29) is 28.5 Å². The Labute approximate surface area is 191 Å². The highest BCUT2D eigenvalue weighted by atomic mass is 35.5. The van der Waals surface area contributed by atoms with E-state index in [9.17, 15) is 10.2 Å². The van der Waals surface area contributed by atoms with Crippen LogP contribution in [0.1, 0.15) is 51.5 Å². The smallest absolute Gasteiger partial charge is 0.147 e. The highest BCUT2D eigenvalue weighted by Gasteiger charge is 2.44. The van der Waals surface area contributed by atoms with Crippen LogP contribution in [0, 0.1) is 17.7 Å². The molecule has 0 saturated carbocycles. The predicted octanol–water partition coefficient (Wildman–Crippen LogP) is 3.80. The maximum atomic E-state index is 15.1. The molecule has 2 rings (SSSR count). The van der Waals surface area contributed by atoms with E-state index in [1.807, 2.05) is 20.9 Å². The van der Waals surface area contributed by atoms with Crippen LogP contribution in [0.25, 0.3) is 0 Å². The van der Waals surface area contributed by atoms with E-state index in [1.165, 1.54) is 6.07 Å². The quantitative estimate of drug-likeness (QED) is 0.416. The van der Waals surface area contributed by atoms with Crippen LogP contribution in [0.2, 0.25) is 5.02 Å². The number of nitrogens with zero attached hydrogens (tertiary/aromatic N) is 1. The van der Waals surface area contributed by atoms with Gasteiger partial charge in [0.2, 0.25) is 0 Å². The Morgan fingerprint density at radius 2 is 2.10 bits per heavy atom. The molecule has 1 aliphatic rings. The third-order valence-electron chi connectivity index (χ3n) is 6.66. The zero-order chi connectivity index (χ0) is 23.0. The van der Waals surface area contributed by atoms with Crippen LogP contribution in [0.4, 0.5) is 4.39 Å². The molecule has 0 radical (unpaired) electrons. The summed E-state index contributed by atoms with van der Waals surface area (Å²) < 4.78 is 20.2. The Morgan fingerprint density at radius 3 is 2.74 bits per heavy atom. The Balaban J connectivity index is 2.32. The number of hydrogen-bond acceptors (Lipinski definition) is 5. The fourth-order valence-electron chi connectivity index (χ4n) is 4.85. The average molecular weight is 459 g/mol. The van der Waals surface area contributed by atoms with E-state index >= 15 is 4.39 Å². The topological polar surface area (TPSA) is 65.0 Å². The molecular weight excluding hydrogens is 419 g/mol. The Morgan fingerprint density at radius 1 is 1.35 bits per heavy atom. The van der Waals surface area contributed by atoms with Gasteiger partial charge in [0.15, 0.2) is 0 Å². The van der Waals surface area contributed by atoms with Crippen molar-refractivity contribution in [1.82, 2.24) is 10.2 Å². The third-order valence-corrected chi connectivity index (χ3v) is 6.95. The van der Waals surface area contributed by atoms with Gasteiger partial charge in [-0.15, -0.1) is 0 Å². The summed E-state index contributed by atoms with van der Waals surface area (Å²) in [6, 6.07) is 4.81. The summed E-state index contributed by atoms with van der Waals surface area (Å²) in [7, 11) is 3.54. The maximum absolute atomic E-state index is 15.1. The molecule has 0 bridgehead atoms. The lowest BCUT2D eigenvalue weighted by Crippen LogP contribution is -2.56. The van der Waals surface area contributed by atoms with Gasteiger partial charge in [-0.05, 0) is 57.7 Å². The van der Waals surface area contributed by atoms with Crippen molar-refractivity contribution in [3.05, 3.63) is 34.6 Å². The second kappa shape index (κ2) is 12.5. The molecule has 5 nitrogen and oxygen atoms in total. The Kier molecular flexibility index (Phi) is 10.7. The lowest BCUT2D eigenvalue weighted by atomic mass is 9.73. The second-order valence-corrected chi connectivity index (χ2v) is 9.58. The van der Waals surface area contributed by atoms with E-state index in [0.29, 0.717) is 26.1 Å². The van der Waals surface area contributed by atoms with Crippen molar-refractivity contribution in [2.45, 2.75) is 63.7 Å². The van der Waals surface area contributed by atoms with Gasteiger partial charge in [0.05, 0.1) is 16.7 Å². The van der Waals surface area contributed by atoms with Gasteiger partial charge in [-0.1, -0.05) is 37.6 Å². The molecule has 31 heavy (non-hydrogen) atoms. The molecule has 4 atom stereocenters. The summed E-state index contributed by atoms with van der Waals surface area (Å²) in [6.45, 7) is 6.75. The van der Waals surface area contributed by atoms with Crippen LogP contribution in [0.15, 0.2) is 18.2 Å². The second-order valence-electron chi connectivity index (χ2n) is 9.17. The largest absolute Gasteiger partial charge is 0.391 e. The normalized spacial score (nSPS) is 21.8. The number of methoxy groups -OCH3 is 1. The Hall–Kier alpha value is -0.760. The number of benzene rings is 1. The summed E-state index contributed by atoms with van der Waals surface area (Å²) in [5.74, 6) is -0.572. The van der Waals surface area contributed by atoms with Crippen LogP contribution in [-0.2, 0) is 10.3 Å². The van der Waals surface area contributed by atoms with Crippen molar-refractivity contribution in [2.75, 3.05) is 40.4 Å². The van der Waals surface area contributed by atoms with E-state index in [0.717, 1.165) is 32.2 Å². The summed E-state index contributed by atoms with van der Waals surface area (Å²) in [6.07, 6.45) is 3.16. The molecule has 1 unspecified atom stereocenters. The molecule has 1 fully saturated rings. The summed E-state index contributed by atoms with van der Waals surface area (Å²) in [5.41, 5.74) is -1.05. The van der Waals surface area contributed by atoms with Gasteiger partial charge in [0, 0.05) is 44.3 Å². The van der Waals surface area contributed by atoms with Crippen molar-refractivity contribution in [1.29, 1.82) is 0 Å². The molecule has 0 spiro atoms. The summed E-state index contributed by atoms with van der Waals surface area (Å²) in [4.78, 5) is 2.26. The third kappa shape index (κ3) is 6.62. The molecular formula is C24H40ClFN2O3. The summed E-state index contributed by atoms with van der Waals surface area (Å²) in [5, 5.41) is 26.0. The van der Waals surface area contributed by atoms with Crippen LogP contribution in [0.5, 0.6) is 0 Å². The fourth-order valence-corrected chi connectivity index (χ4v) is 5.03. The average Bonchev–Trinajstić information content (AvgIpc) is 2.76. The van der Waals surface area contributed by atoms with Gasteiger partial charge in [-0.3, -0.25) is 4.90 Å². The van der Waals surface area contributed by atoms with Crippen molar-refractivity contribution >= 4 is 11.6 Å². The zero-order valence-electron chi connectivity index (χ0n) is 19.4. The van der Waals surface area contributed by atoms with Crippen molar-refractivity contribution in [3.63, 3.8) is 0 Å². The van der Waals surface area contributed by atoms with Crippen LogP contribution < -0.4 is 5.32 Å². The zero-order valence-corrected chi connectivity index (χ0v) is 20.2. The number of likely N-dealkylation sites (tertiary alicyclic amines) is 1. The van der Waals surface area contributed by atoms with E-state index in [4.69, 9.17) is 16.3 Å². The van der Waals surface area contributed by atoms with Gasteiger partial charge < -0.3 is 20.3 Å². The Bertz CT molecular complexity index is 678. The number of aliphatic hydroxyl groups is 2. The van der Waals surface area contributed by atoms with Crippen molar-refractivity contribution in [2.24, 2.45) is 11.8 Å². The van der Waals surface area contributed by atoms with Crippen molar-refractivity contribution in [3.8, 4) is 0 Å². The number of likely N-dealkylation sites (N-methyl/N-ethyl adjacent to an activating group) is 1. The minimum atomic E-state index is -1.33. The molecule has 1 aliphatic heterocycles. The predicted molar refractivity (Wildman–Crippen MR) is 124 cm³/mol. The number of hydrogen-bond donors (Lipinski definition) is 3. The van der Waals surface area contributed by atoms with Gasteiger partial charge in [0.25, 0.3) is 0 Å². The highest BCUT2D eigenvalue weighted by molar-refractivity contribution is 6.30. The van der Waals surface area contributed by atoms with Gasteiger partial charge in [-0.25, -0.2) is 4.39 Å². The molecule has 7 heteroatoms. The minimum absolute atomic E-state index is 0.0313. The first-order valence-electron chi connectivity index (χ1n) is 11.5. The fraction of sp³-hybridized carbons (Fsp3) is 0.750. The molecule has 1 aromatic carbocycles. The monoisotopic (exact) mass is 458 g/mol. The number of halogens is 2. The molecule has 1 heterocycles. The van der Waals surface area contributed by atoms with Crippen LogP contribution >= 0.6 is 11.6 Å². The molecule has 1 aromatic rings. The van der Waals surface area contributed by atoms with E-state index in [2.05, 4.69) is 10.2 Å². The lowest BCUT2D eigenvalue weighted by molar-refractivity contribution is -0.0818. The molecule has 3 N–H and O–H groups in total. The number of ether oxygens (including phenoxy) is 1. The number of nitrogens with one attached hydrogen (secondary N) is 1. The minimum Gasteiger partial charge on any atom is -0.391 e. The number of piperidine rings is 1. The molecule has 0 amide bonds. The van der Waals surface area contributed by atoms with Gasteiger partial charge in [-0.2, -0.15) is 0 Å². The van der Waals surface area contributed by atoms with Crippen LogP contribution in [-0.4, -0.2) is 67.7 Å². The van der Waals surface area contributed by atoms with Gasteiger partial charge in [0.1, 0.15) is 5.82 Å². The molecule has 178 valence electrons. The van der Waals surface area contributed by atoms with E-state index < -0.39 is 17.5 Å². The molecule has 1 saturated heterocycles. The van der Waals surface area contributed by atoms with E-state index in [1.54, 1.807) is 19.2 Å². The first-order valence-corrected chi connectivity index (χ1v) is 11.9. The van der Waals surface area contributed by atoms with Crippen LogP contribution in [0.3, 0.4) is 0 Å². The standard InChI is InChI=1S/C24H40ClFN2O3/c1-17(2)23(29)21(15-27-3)28-13-8-9-18(16-28)24(30,12-5-6-14-31-4)19-10-7-11-20(25)22(19)26/h7,10-11,17-18,21,23,27,29-30H,5-6,8-9,12-16H2,1-4H3/t18?,21-,23+,24+/m1/s1. The number of unbranched alkanes of at least 4 members (excludes halogenated alkanes) is 1. The lowest BCUT2D eigenvalue weighted by Gasteiger charge is -2.46. The SMILES string of the molecule is CNC[C@H]([C@@H](O)C(C)C)N1CCCC([C@@](O)(CCCCOC)c2cccc(Cl)c2F)C1. The van der Waals surface area contributed by atoms with Crippen molar-refractivity contribution < 1.29 is 19.3 Å². The molecule has 0 aromatic heterocycles. The maximum Gasteiger partial charge on any atom is 0.147 e. The first-order chi connectivity index (χ1) is 14.8. The number of rotatable bonds is 12.